The largest absolute Gasteiger partial charge is 0.324 e. The molecule has 2 saturated heterocycles. The van der Waals surface area contributed by atoms with Crippen molar-refractivity contribution in [2.45, 2.75) is 58.2 Å². The summed E-state index contributed by atoms with van der Waals surface area (Å²) in [4.78, 5) is 41.3. The van der Waals surface area contributed by atoms with Gasteiger partial charge in [-0.2, -0.15) is 0 Å². The van der Waals surface area contributed by atoms with E-state index in [1.165, 1.54) is 23.1 Å². The molecule has 0 saturated carbocycles. The second-order valence-corrected chi connectivity index (χ2v) is 9.52. The van der Waals surface area contributed by atoms with Crippen LogP contribution in [-0.4, -0.2) is 34.2 Å². The highest BCUT2D eigenvalue weighted by Crippen LogP contribution is 2.54. The molecule has 3 heterocycles. The summed E-state index contributed by atoms with van der Waals surface area (Å²) in [6, 6.07) is 3.74. The number of benzene rings is 1. The summed E-state index contributed by atoms with van der Waals surface area (Å²) < 4.78 is 14.1. The molecule has 1 aromatic carbocycles. The van der Waals surface area contributed by atoms with E-state index in [1.54, 1.807) is 0 Å². The van der Waals surface area contributed by atoms with Crippen LogP contribution in [0.1, 0.15) is 46.6 Å². The van der Waals surface area contributed by atoms with Crippen molar-refractivity contribution in [3.05, 3.63) is 29.6 Å². The summed E-state index contributed by atoms with van der Waals surface area (Å²) in [5.41, 5.74) is -1.22. The predicted molar refractivity (Wildman–Crippen MR) is 102 cm³/mol. The van der Waals surface area contributed by atoms with Gasteiger partial charge in [-0.05, 0) is 51.3 Å². The highest BCUT2D eigenvalue weighted by atomic mass is 19.1. The van der Waals surface area contributed by atoms with Crippen molar-refractivity contribution in [1.82, 2.24) is 10.2 Å². The lowest BCUT2D eigenvalue weighted by atomic mass is 9.76. The molecule has 150 valence electrons. The molecule has 3 aliphatic rings. The Bertz CT molecular complexity index is 891. The lowest BCUT2D eigenvalue weighted by Crippen LogP contribution is -2.55. The quantitative estimate of drug-likeness (QED) is 0.764. The van der Waals surface area contributed by atoms with Gasteiger partial charge in [-0.25, -0.2) is 4.39 Å². The zero-order chi connectivity index (χ0) is 20.6. The number of likely N-dealkylation sites (tertiary alicyclic amines) is 1. The number of imide groups is 1. The number of amides is 3. The molecule has 0 aliphatic carbocycles. The number of hydrogen-bond donors (Lipinski definition) is 2. The zero-order valence-corrected chi connectivity index (χ0v) is 16.8. The third-order valence-electron chi connectivity index (χ3n) is 6.07. The van der Waals surface area contributed by atoms with E-state index in [1.807, 2.05) is 34.6 Å². The normalized spacial score (nSPS) is 31.8. The van der Waals surface area contributed by atoms with Gasteiger partial charge in [-0.3, -0.25) is 24.6 Å². The number of nitrogens with one attached hydrogen (secondary N) is 2. The van der Waals surface area contributed by atoms with Crippen LogP contribution in [0.4, 0.5) is 10.1 Å². The van der Waals surface area contributed by atoms with Crippen molar-refractivity contribution in [3.8, 4) is 0 Å². The number of carbonyl (C=O) groups is 3. The van der Waals surface area contributed by atoms with Gasteiger partial charge >= 0.3 is 0 Å². The van der Waals surface area contributed by atoms with E-state index in [0.717, 1.165) is 0 Å². The lowest BCUT2D eigenvalue weighted by Gasteiger charge is -2.34. The fourth-order valence-corrected chi connectivity index (χ4v) is 5.15. The van der Waals surface area contributed by atoms with Crippen LogP contribution in [0, 0.1) is 23.6 Å². The molecule has 28 heavy (non-hydrogen) atoms. The van der Waals surface area contributed by atoms with Gasteiger partial charge in [0.25, 0.3) is 0 Å². The van der Waals surface area contributed by atoms with Crippen LogP contribution < -0.4 is 10.6 Å². The van der Waals surface area contributed by atoms with E-state index in [-0.39, 0.29) is 23.8 Å². The number of nitrogens with zero attached hydrogens (tertiary/aromatic N) is 1. The Morgan fingerprint density at radius 1 is 1.18 bits per heavy atom. The summed E-state index contributed by atoms with van der Waals surface area (Å²) in [5.74, 6) is -2.77. The molecular formula is C21H26FN3O3. The van der Waals surface area contributed by atoms with Gasteiger partial charge in [-0.1, -0.05) is 13.8 Å². The standard InChI is InChI=1S/C21H26FN3O3/c1-10(2)8-14-15-16(18(27)25(17(15)26)20(3,4)5)21(24-14)12-9-11(22)6-7-13(12)23-19(21)28/h6-7,9-10,14-16,24H,8H2,1-5H3,(H,23,28)/t14-,15-,16+,21+/m1/s1. The van der Waals surface area contributed by atoms with Crippen molar-refractivity contribution >= 4 is 23.4 Å². The highest BCUT2D eigenvalue weighted by molar-refractivity contribution is 6.15. The van der Waals surface area contributed by atoms with Crippen LogP contribution in [0.25, 0.3) is 0 Å². The van der Waals surface area contributed by atoms with Gasteiger partial charge in [0, 0.05) is 22.8 Å². The van der Waals surface area contributed by atoms with Crippen molar-refractivity contribution in [2.75, 3.05) is 5.32 Å². The van der Waals surface area contributed by atoms with Crippen molar-refractivity contribution in [2.24, 2.45) is 17.8 Å². The monoisotopic (exact) mass is 387 g/mol. The van der Waals surface area contributed by atoms with Gasteiger partial charge in [0.15, 0.2) is 0 Å². The van der Waals surface area contributed by atoms with Gasteiger partial charge in [0.1, 0.15) is 11.4 Å². The smallest absolute Gasteiger partial charge is 0.250 e. The third kappa shape index (κ3) is 2.38. The molecular weight excluding hydrogens is 361 g/mol. The summed E-state index contributed by atoms with van der Waals surface area (Å²) in [5, 5.41) is 6.10. The van der Waals surface area contributed by atoms with Crippen LogP contribution in [-0.2, 0) is 19.9 Å². The molecule has 3 aliphatic heterocycles. The van der Waals surface area contributed by atoms with E-state index in [4.69, 9.17) is 0 Å². The molecule has 1 aromatic rings. The molecule has 4 atom stereocenters. The molecule has 0 unspecified atom stereocenters. The summed E-state index contributed by atoms with van der Waals surface area (Å²) in [6.07, 6.45) is 0.637. The summed E-state index contributed by atoms with van der Waals surface area (Å²) >= 11 is 0. The number of hydrogen-bond acceptors (Lipinski definition) is 4. The van der Waals surface area contributed by atoms with Gasteiger partial charge in [0.2, 0.25) is 17.7 Å². The molecule has 4 rings (SSSR count). The minimum atomic E-state index is -1.42. The lowest BCUT2D eigenvalue weighted by molar-refractivity contribution is -0.147. The first kappa shape index (κ1) is 19.1. The van der Waals surface area contributed by atoms with Gasteiger partial charge in [0.05, 0.1) is 11.8 Å². The fraction of sp³-hybridized carbons (Fsp3) is 0.571. The Labute approximate surface area is 163 Å². The first-order valence-electron chi connectivity index (χ1n) is 9.75. The average Bonchev–Trinajstić information content (AvgIpc) is 3.12. The molecule has 1 spiro atoms. The number of anilines is 1. The number of rotatable bonds is 2. The Morgan fingerprint density at radius 2 is 1.86 bits per heavy atom. The van der Waals surface area contributed by atoms with Crippen molar-refractivity contribution < 1.29 is 18.8 Å². The van der Waals surface area contributed by atoms with Crippen LogP contribution in [0.5, 0.6) is 0 Å². The molecule has 3 amide bonds. The minimum absolute atomic E-state index is 0.254. The minimum Gasteiger partial charge on any atom is -0.324 e. The fourth-order valence-electron chi connectivity index (χ4n) is 5.15. The second-order valence-electron chi connectivity index (χ2n) is 9.52. The molecule has 2 fully saturated rings. The number of fused-ring (bicyclic) bond motifs is 4. The first-order valence-corrected chi connectivity index (χ1v) is 9.75. The SMILES string of the molecule is CC(C)C[C@H]1N[C@]2(C(=O)Nc3ccc(F)cc32)[C@@H]2C(=O)N(C(C)(C)C)C(=O)[C@@H]21. The molecule has 6 nitrogen and oxygen atoms in total. The van der Waals surface area contributed by atoms with Crippen LogP contribution in [0.2, 0.25) is 0 Å². The second kappa shape index (κ2) is 5.86. The maximum atomic E-state index is 14.1. The Hall–Kier alpha value is -2.28. The maximum absolute atomic E-state index is 14.1. The summed E-state index contributed by atoms with van der Waals surface area (Å²) in [7, 11) is 0. The third-order valence-corrected chi connectivity index (χ3v) is 6.07. The van der Waals surface area contributed by atoms with E-state index in [0.29, 0.717) is 17.7 Å². The molecule has 0 bridgehead atoms. The first-order chi connectivity index (χ1) is 13.0. The van der Waals surface area contributed by atoms with Crippen LogP contribution >= 0.6 is 0 Å². The Morgan fingerprint density at radius 3 is 2.46 bits per heavy atom. The topological polar surface area (TPSA) is 78.5 Å². The molecule has 2 N–H and O–H groups in total. The van der Waals surface area contributed by atoms with Crippen molar-refractivity contribution in [1.29, 1.82) is 0 Å². The molecule has 0 radical (unpaired) electrons. The zero-order valence-electron chi connectivity index (χ0n) is 16.8. The highest BCUT2D eigenvalue weighted by Gasteiger charge is 2.71. The van der Waals surface area contributed by atoms with Crippen LogP contribution in [0.3, 0.4) is 0 Å². The van der Waals surface area contributed by atoms with Crippen molar-refractivity contribution in [3.63, 3.8) is 0 Å². The van der Waals surface area contributed by atoms with E-state index in [2.05, 4.69) is 10.6 Å². The van der Waals surface area contributed by atoms with Crippen LogP contribution in [0.15, 0.2) is 18.2 Å². The number of carbonyl (C=O) groups excluding carboxylic acids is 3. The summed E-state index contributed by atoms with van der Waals surface area (Å²) in [6.45, 7) is 9.50. The average molecular weight is 387 g/mol. The predicted octanol–water partition coefficient (Wildman–Crippen LogP) is 2.39. The van der Waals surface area contributed by atoms with E-state index >= 15 is 0 Å². The van der Waals surface area contributed by atoms with Gasteiger partial charge in [-0.15, -0.1) is 0 Å². The Balaban J connectivity index is 1.91. The molecule has 0 aromatic heterocycles. The molecule has 7 heteroatoms. The number of halogens is 1. The maximum Gasteiger partial charge on any atom is 0.250 e. The van der Waals surface area contributed by atoms with E-state index in [9.17, 15) is 18.8 Å². The van der Waals surface area contributed by atoms with E-state index < -0.39 is 34.6 Å². The van der Waals surface area contributed by atoms with Gasteiger partial charge < -0.3 is 5.32 Å². The Kier molecular flexibility index (Phi) is 3.99.